The number of halogens is 1. The van der Waals surface area contributed by atoms with E-state index in [0.29, 0.717) is 6.04 Å². The molecular formula is C13H18BrN3O. The van der Waals surface area contributed by atoms with Crippen molar-refractivity contribution in [3.8, 4) is 0 Å². The molecule has 1 aromatic carbocycles. The van der Waals surface area contributed by atoms with Gasteiger partial charge in [0.05, 0.1) is 0 Å². The molecule has 0 radical (unpaired) electrons. The van der Waals surface area contributed by atoms with Crippen LogP contribution in [0.4, 0.5) is 5.69 Å². The van der Waals surface area contributed by atoms with E-state index in [9.17, 15) is 0 Å². The second-order valence-corrected chi connectivity index (χ2v) is 5.45. The number of hydrogen-bond donors (Lipinski definition) is 2. The highest BCUT2D eigenvalue weighted by molar-refractivity contribution is 9.10. The van der Waals surface area contributed by atoms with Crippen LogP contribution in [0.25, 0.3) is 0 Å². The Balaban J connectivity index is 2.30. The highest BCUT2D eigenvalue weighted by atomic mass is 79.9. The zero-order chi connectivity index (χ0) is 13.1. The number of amidine groups is 1. The molecular weight excluding hydrogens is 294 g/mol. The Morgan fingerprint density at radius 1 is 1.44 bits per heavy atom. The summed E-state index contributed by atoms with van der Waals surface area (Å²) in [5.41, 5.74) is 7.44. The topological polar surface area (TPSA) is 62.3 Å². The Hall–Kier alpha value is -1.07. The van der Waals surface area contributed by atoms with Crippen LogP contribution in [0.5, 0.6) is 0 Å². The van der Waals surface area contributed by atoms with Crippen molar-refractivity contribution in [2.45, 2.75) is 18.9 Å². The van der Waals surface area contributed by atoms with E-state index in [2.05, 4.69) is 27.9 Å². The molecule has 5 heteroatoms. The van der Waals surface area contributed by atoms with E-state index in [4.69, 9.17) is 15.9 Å². The molecule has 0 saturated carbocycles. The summed E-state index contributed by atoms with van der Waals surface area (Å²) in [5.74, 6) is 0.108. The maximum absolute atomic E-state index is 7.67. The highest BCUT2D eigenvalue weighted by Crippen LogP contribution is 2.28. The fourth-order valence-electron chi connectivity index (χ4n) is 2.29. The van der Waals surface area contributed by atoms with Crippen molar-refractivity contribution < 1.29 is 4.74 Å². The van der Waals surface area contributed by atoms with Gasteiger partial charge >= 0.3 is 0 Å². The SMILES string of the molecule is CN(c1cc(Br)ccc1C(=N)N)C1CCOCC1. The van der Waals surface area contributed by atoms with Gasteiger partial charge in [0.25, 0.3) is 0 Å². The van der Waals surface area contributed by atoms with E-state index in [1.807, 2.05) is 18.2 Å². The Morgan fingerprint density at radius 2 is 2.11 bits per heavy atom. The molecule has 0 aromatic heterocycles. The number of nitrogens with zero attached hydrogens (tertiary/aromatic N) is 1. The Kier molecular flexibility index (Phi) is 4.24. The average Bonchev–Trinajstić information content (AvgIpc) is 2.38. The smallest absolute Gasteiger partial charge is 0.124 e. The predicted octanol–water partition coefficient (Wildman–Crippen LogP) is 2.35. The molecule has 1 aromatic rings. The molecule has 0 aliphatic carbocycles. The molecule has 0 amide bonds. The van der Waals surface area contributed by atoms with Gasteiger partial charge in [0.1, 0.15) is 5.84 Å². The summed E-state index contributed by atoms with van der Waals surface area (Å²) in [6, 6.07) is 6.27. The van der Waals surface area contributed by atoms with Crippen LogP contribution in [0, 0.1) is 5.41 Å². The van der Waals surface area contributed by atoms with Crippen LogP contribution < -0.4 is 10.6 Å². The first-order valence-electron chi connectivity index (χ1n) is 6.04. The first-order valence-corrected chi connectivity index (χ1v) is 6.83. The summed E-state index contributed by atoms with van der Waals surface area (Å²) in [7, 11) is 2.06. The number of benzene rings is 1. The monoisotopic (exact) mass is 311 g/mol. The summed E-state index contributed by atoms with van der Waals surface area (Å²) in [6.45, 7) is 1.61. The molecule has 2 rings (SSSR count). The molecule has 1 aliphatic rings. The first-order chi connectivity index (χ1) is 8.59. The van der Waals surface area contributed by atoms with Crippen LogP contribution in [0.15, 0.2) is 22.7 Å². The Bertz CT molecular complexity index is 444. The van der Waals surface area contributed by atoms with Crippen molar-refractivity contribution in [1.29, 1.82) is 5.41 Å². The third-order valence-electron chi connectivity index (χ3n) is 3.37. The molecule has 98 valence electrons. The van der Waals surface area contributed by atoms with Crippen molar-refractivity contribution in [2.24, 2.45) is 5.73 Å². The van der Waals surface area contributed by atoms with Crippen LogP contribution in [0.1, 0.15) is 18.4 Å². The number of nitrogens with two attached hydrogens (primary N) is 1. The number of nitrogen functional groups attached to an aromatic ring is 1. The van der Waals surface area contributed by atoms with Crippen molar-refractivity contribution in [2.75, 3.05) is 25.2 Å². The first kappa shape index (κ1) is 13.4. The van der Waals surface area contributed by atoms with Gasteiger partial charge in [0.15, 0.2) is 0 Å². The van der Waals surface area contributed by atoms with Gasteiger partial charge < -0.3 is 15.4 Å². The van der Waals surface area contributed by atoms with Crippen molar-refractivity contribution in [1.82, 2.24) is 0 Å². The van der Waals surface area contributed by atoms with Gasteiger partial charge in [0.2, 0.25) is 0 Å². The van der Waals surface area contributed by atoms with E-state index < -0.39 is 0 Å². The molecule has 1 aliphatic heterocycles. The van der Waals surface area contributed by atoms with Crippen LogP contribution in [-0.2, 0) is 4.74 Å². The Morgan fingerprint density at radius 3 is 2.72 bits per heavy atom. The van der Waals surface area contributed by atoms with Crippen LogP contribution in [0.3, 0.4) is 0 Å². The van der Waals surface area contributed by atoms with E-state index in [-0.39, 0.29) is 5.84 Å². The minimum Gasteiger partial charge on any atom is -0.384 e. The van der Waals surface area contributed by atoms with Crippen LogP contribution in [-0.4, -0.2) is 32.1 Å². The van der Waals surface area contributed by atoms with Crippen molar-refractivity contribution in [3.05, 3.63) is 28.2 Å². The second kappa shape index (κ2) is 5.71. The maximum atomic E-state index is 7.67. The minimum absolute atomic E-state index is 0.108. The lowest BCUT2D eigenvalue weighted by atomic mass is 10.0. The van der Waals surface area contributed by atoms with Crippen molar-refractivity contribution >= 4 is 27.5 Å². The lowest BCUT2D eigenvalue weighted by Gasteiger charge is -2.34. The lowest BCUT2D eigenvalue weighted by Crippen LogP contribution is -2.37. The summed E-state index contributed by atoms with van der Waals surface area (Å²) >= 11 is 3.48. The molecule has 18 heavy (non-hydrogen) atoms. The van der Waals surface area contributed by atoms with E-state index >= 15 is 0 Å². The normalized spacial score (nSPS) is 16.6. The fraction of sp³-hybridized carbons (Fsp3) is 0.462. The molecule has 0 atom stereocenters. The average molecular weight is 312 g/mol. The van der Waals surface area contributed by atoms with E-state index in [0.717, 1.165) is 41.8 Å². The molecule has 0 bridgehead atoms. The number of anilines is 1. The molecule has 0 spiro atoms. The van der Waals surface area contributed by atoms with Gasteiger partial charge in [-0.1, -0.05) is 15.9 Å². The van der Waals surface area contributed by atoms with Gasteiger partial charge in [-0.3, -0.25) is 5.41 Å². The summed E-state index contributed by atoms with van der Waals surface area (Å²) in [5, 5.41) is 7.67. The molecule has 1 saturated heterocycles. The quantitative estimate of drug-likeness (QED) is 0.665. The number of nitrogens with one attached hydrogen (secondary N) is 1. The zero-order valence-corrected chi connectivity index (χ0v) is 12.0. The molecule has 3 N–H and O–H groups in total. The van der Waals surface area contributed by atoms with Crippen LogP contribution in [0.2, 0.25) is 0 Å². The lowest BCUT2D eigenvalue weighted by molar-refractivity contribution is 0.0855. The Labute approximate surface area is 116 Å². The number of hydrogen-bond acceptors (Lipinski definition) is 3. The van der Waals surface area contributed by atoms with E-state index in [1.165, 1.54) is 0 Å². The summed E-state index contributed by atoms with van der Waals surface area (Å²) < 4.78 is 6.39. The summed E-state index contributed by atoms with van der Waals surface area (Å²) in [4.78, 5) is 2.21. The number of rotatable bonds is 3. The highest BCUT2D eigenvalue weighted by Gasteiger charge is 2.21. The summed E-state index contributed by atoms with van der Waals surface area (Å²) in [6.07, 6.45) is 2.03. The predicted molar refractivity (Wildman–Crippen MR) is 77.4 cm³/mol. The molecule has 1 fully saturated rings. The van der Waals surface area contributed by atoms with Gasteiger partial charge in [-0.2, -0.15) is 0 Å². The second-order valence-electron chi connectivity index (χ2n) is 4.53. The standard InChI is InChI=1S/C13H18BrN3O/c1-17(10-4-6-18-7-5-10)12-8-9(14)2-3-11(12)13(15)16/h2-3,8,10H,4-7H2,1H3,(H3,15,16). The molecule has 0 unspecified atom stereocenters. The molecule has 1 heterocycles. The van der Waals surface area contributed by atoms with E-state index in [1.54, 1.807) is 0 Å². The maximum Gasteiger partial charge on any atom is 0.124 e. The van der Waals surface area contributed by atoms with Gasteiger partial charge in [0, 0.05) is 42.0 Å². The van der Waals surface area contributed by atoms with Gasteiger partial charge in [-0.25, -0.2) is 0 Å². The molecule has 4 nitrogen and oxygen atoms in total. The van der Waals surface area contributed by atoms with Crippen LogP contribution >= 0.6 is 15.9 Å². The fourth-order valence-corrected chi connectivity index (χ4v) is 2.64. The third-order valence-corrected chi connectivity index (χ3v) is 3.86. The minimum atomic E-state index is 0.108. The largest absolute Gasteiger partial charge is 0.384 e. The number of ether oxygens (including phenoxy) is 1. The van der Waals surface area contributed by atoms with Gasteiger partial charge in [-0.05, 0) is 31.0 Å². The third kappa shape index (κ3) is 2.84. The zero-order valence-electron chi connectivity index (χ0n) is 10.4. The van der Waals surface area contributed by atoms with Crippen molar-refractivity contribution in [3.63, 3.8) is 0 Å². The van der Waals surface area contributed by atoms with Gasteiger partial charge in [-0.15, -0.1) is 0 Å².